The van der Waals surface area contributed by atoms with Crippen molar-refractivity contribution in [3.63, 3.8) is 0 Å². The molecule has 0 amide bonds. The molecule has 0 aliphatic rings. The number of hydrogen-bond donors (Lipinski definition) is 1. The zero-order valence-electron chi connectivity index (χ0n) is 11.7. The molecule has 0 heterocycles. The minimum atomic E-state index is 0.731. The van der Waals surface area contributed by atoms with E-state index in [0.29, 0.717) is 0 Å². The fourth-order valence-corrected chi connectivity index (χ4v) is 2.10. The van der Waals surface area contributed by atoms with E-state index in [1.807, 2.05) is 18.2 Å². The van der Waals surface area contributed by atoms with E-state index in [1.165, 1.54) is 12.0 Å². The van der Waals surface area contributed by atoms with Crippen LogP contribution in [-0.2, 0) is 6.54 Å². The molecule has 0 spiro atoms. The molecule has 0 radical (unpaired) electrons. The summed E-state index contributed by atoms with van der Waals surface area (Å²) in [6.45, 7) is 8.75. The van der Waals surface area contributed by atoms with Gasteiger partial charge in [0.2, 0.25) is 0 Å². The molecule has 0 aliphatic carbocycles. The van der Waals surface area contributed by atoms with Gasteiger partial charge < -0.3 is 10.2 Å². The van der Waals surface area contributed by atoms with Crippen LogP contribution in [0.5, 0.6) is 0 Å². The Morgan fingerprint density at radius 2 is 2.11 bits per heavy atom. The Morgan fingerprint density at radius 1 is 1.33 bits per heavy atom. The lowest BCUT2D eigenvalue weighted by Gasteiger charge is -2.17. The van der Waals surface area contributed by atoms with E-state index in [1.54, 1.807) is 0 Å². The van der Waals surface area contributed by atoms with Gasteiger partial charge in [-0.15, -0.1) is 0 Å². The van der Waals surface area contributed by atoms with Crippen LogP contribution in [0.4, 0.5) is 0 Å². The molecular weight excluding hydrogens is 244 g/mol. The smallest absolute Gasteiger partial charge is 0.0409 e. The second-order valence-corrected chi connectivity index (χ2v) is 5.76. The number of nitrogens with one attached hydrogen (secondary N) is 1. The van der Waals surface area contributed by atoms with Crippen molar-refractivity contribution >= 4 is 11.6 Å². The molecule has 1 rings (SSSR count). The molecule has 0 aromatic heterocycles. The van der Waals surface area contributed by atoms with E-state index in [4.69, 9.17) is 11.6 Å². The molecule has 3 heteroatoms. The van der Waals surface area contributed by atoms with Gasteiger partial charge in [-0.05, 0) is 56.7 Å². The lowest BCUT2D eigenvalue weighted by molar-refractivity contribution is 0.318. The minimum absolute atomic E-state index is 0.731. The second-order valence-electron chi connectivity index (χ2n) is 5.32. The van der Waals surface area contributed by atoms with Gasteiger partial charge in [-0.2, -0.15) is 0 Å². The number of halogens is 1. The summed E-state index contributed by atoms with van der Waals surface area (Å²) in [5.41, 5.74) is 1.28. The maximum absolute atomic E-state index is 5.97. The van der Waals surface area contributed by atoms with Crippen LogP contribution in [0.15, 0.2) is 24.3 Å². The van der Waals surface area contributed by atoms with Gasteiger partial charge in [-0.1, -0.05) is 37.6 Å². The SMILES string of the molecule is CC(C)CNCCCN(C)Cc1cccc(Cl)c1. The molecular formula is C15H25ClN2. The molecule has 1 aromatic rings. The van der Waals surface area contributed by atoms with E-state index < -0.39 is 0 Å². The third-order valence-corrected chi connectivity index (χ3v) is 3.02. The van der Waals surface area contributed by atoms with Crippen LogP contribution in [0.1, 0.15) is 25.8 Å². The third-order valence-electron chi connectivity index (χ3n) is 2.79. The Morgan fingerprint density at radius 3 is 2.78 bits per heavy atom. The zero-order chi connectivity index (χ0) is 13.4. The number of rotatable bonds is 8. The fourth-order valence-electron chi connectivity index (χ4n) is 1.89. The van der Waals surface area contributed by atoms with Crippen LogP contribution in [0.3, 0.4) is 0 Å². The molecule has 102 valence electrons. The van der Waals surface area contributed by atoms with Crippen LogP contribution >= 0.6 is 11.6 Å². The van der Waals surface area contributed by atoms with E-state index in [9.17, 15) is 0 Å². The molecule has 0 saturated carbocycles. The molecule has 1 aromatic carbocycles. The van der Waals surface area contributed by atoms with Crippen molar-refractivity contribution in [2.75, 3.05) is 26.7 Å². The van der Waals surface area contributed by atoms with Crippen LogP contribution in [0.25, 0.3) is 0 Å². The first-order chi connectivity index (χ1) is 8.58. The average Bonchev–Trinajstić information content (AvgIpc) is 2.28. The van der Waals surface area contributed by atoms with Crippen molar-refractivity contribution in [2.45, 2.75) is 26.8 Å². The lowest BCUT2D eigenvalue weighted by Crippen LogP contribution is -2.26. The highest BCUT2D eigenvalue weighted by molar-refractivity contribution is 6.30. The Kier molecular flexibility index (Phi) is 7.33. The largest absolute Gasteiger partial charge is 0.316 e. The standard InChI is InChI=1S/C15H25ClN2/c1-13(2)11-17-8-5-9-18(3)12-14-6-4-7-15(16)10-14/h4,6-7,10,13,17H,5,8-9,11-12H2,1-3H3. The van der Waals surface area contributed by atoms with Crippen molar-refractivity contribution in [3.05, 3.63) is 34.9 Å². The normalized spacial score (nSPS) is 11.4. The Labute approximate surface area is 116 Å². The van der Waals surface area contributed by atoms with E-state index in [2.05, 4.69) is 37.2 Å². The topological polar surface area (TPSA) is 15.3 Å². The second kappa shape index (κ2) is 8.52. The van der Waals surface area contributed by atoms with Crippen LogP contribution in [0.2, 0.25) is 5.02 Å². The Hall–Kier alpha value is -0.570. The van der Waals surface area contributed by atoms with Crippen LogP contribution in [0, 0.1) is 5.92 Å². The summed E-state index contributed by atoms with van der Waals surface area (Å²) in [5.74, 6) is 0.731. The monoisotopic (exact) mass is 268 g/mol. The summed E-state index contributed by atoms with van der Waals surface area (Å²) in [5, 5.41) is 4.28. The van der Waals surface area contributed by atoms with Crippen LogP contribution < -0.4 is 5.32 Å². The van der Waals surface area contributed by atoms with Gasteiger partial charge in [-0.25, -0.2) is 0 Å². The molecule has 0 unspecified atom stereocenters. The minimum Gasteiger partial charge on any atom is -0.316 e. The van der Waals surface area contributed by atoms with Gasteiger partial charge in [0.05, 0.1) is 0 Å². The molecule has 1 N–H and O–H groups in total. The van der Waals surface area contributed by atoms with Gasteiger partial charge >= 0.3 is 0 Å². The average molecular weight is 269 g/mol. The highest BCUT2D eigenvalue weighted by Gasteiger charge is 2.01. The first-order valence-corrected chi connectivity index (χ1v) is 7.09. The highest BCUT2D eigenvalue weighted by Crippen LogP contribution is 2.12. The third kappa shape index (κ3) is 7.00. The first-order valence-electron chi connectivity index (χ1n) is 6.71. The summed E-state index contributed by atoms with van der Waals surface area (Å²) >= 11 is 5.97. The van der Waals surface area contributed by atoms with Gasteiger partial charge in [0, 0.05) is 11.6 Å². The predicted octanol–water partition coefficient (Wildman–Crippen LogP) is 3.41. The molecule has 2 nitrogen and oxygen atoms in total. The maximum atomic E-state index is 5.97. The number of hydrogen-bond acceptors (Lipinski definition) is 2. The summed E-state index contributed by atoms with van der Waals surface area (Å²) in [6.07, 6.45) is 1.18. The molecule has 0 aliphatic heterocycles. The fraction of sp³-hybridized carbons (Fsp3) is 0.600. The van der Waals surface area contributed by atoms with Crippen molar-refractivity contribution in [1.82, 2.24) is 10.2 Å². The van der Waals surface area contributed by atoms with E-state index in [0.717, 1.165) is 37.1 Å². The molecule has 0 fully saturated rings. The highest BCUT2D eigenvalue weighted by atomic mass is 35.5. The van der Waals surface area contributed by atoms with E-state index in [-0.39, 0.29) is 0 Å². The summed E-state index contributed by atoms with van der Waals surface area (Å²) in [6, 6.07) is 8.09. The van der Waals surface area contributed by atoms with Crippen molar-refractivity contribution < 1.29 is 0 Å². The summed E-state index contributed by atoms with van der Waals surface area (Å²) < 4.78 is 0. The van der Waals surface area contributed by atoms with Crippen molar-refractivity contribution in [3.8, 4) is 0 Å². The van der Waals surface area contributed by atoms with Gasteiger partial charge in [0.15, 0.2) is 0 Å². The quantitative estimate of drug-likeness (QED) is 0.727. The Bertz CT molecular complexity index is 339. The van der Waals surface area contributed by atoms with Gasteiger partial charge in [0.25, 0.3) is 0 Å². The molecule has 0 bridgehead atoms. The van der Waals surface area contributed by atoms with Crippen molar-refractivity contribution in [2.24, 2.45) is 5.92 Å². The first kappa shape index (κ1) is 15.5. The number of benzene rings is 1. The zero-order valence-corrected chi connectivity index (χ0v) is 12.5. The lowest BCUT2D eigenvalue weighted by atomic mass is 10.2. The van der Waals surface area contributed by atoms with Gasteiger partial charge in [-0.3, -0.25) is 0 Å². The summed E-state index contributed by atoms with van der Waals surface area (Å²) in [7, 11) is 2.16. The summed E-state index contributed by atoms with van der Waals surface area (Å²) in [4.78, 5) is 2.34. The maximum Gasteiger partial charge on any atom is 0.0409 e. The molecule has 0 atom stereocenters. The van der Waals surface area contributed by atoms with E-state index >= 15 is 0 Å². The van der Waals surface area contributed by atoms with Crippen LogP contribution in [-0.4, -0.2) is 31.6 Å². The number of nitrogens with zero attached hydrogens (tertiary/aromatic N) is 1. The predicted molar refractivity (Wildman–Crippen MR) is 80.1 cm³/mol. The van der Waals surface area contributed by atoms with Crippen molar-refractivity contribution in [1.29, 1.82) is 0 Å². The molecule has 0 saturated heterocycles. The Balaban J connectivity index is 2.16. The van der Waals surface area contributed by atoms with Gasteiger partial charge in [0.1, 0.15) is 0 Å². The molecule has 18 heavy (non-hydrogen) atoms.